The molecule has 0 amide bonds. The number of hydrogen-bond acceptors (Lipinski definition) is 2. The Morgan fingerprint density at radius 3 is 2.62 bits per heavy atom. The van der Waals surface area contributed by atoms with Gasteiger partial charge in [0, 0.05) is 18.5 Å². The molecular formula is C22H27NO. The summed E-state index contributed by atoms with van der Waals surface area (Å²) in [5.41, 5.74) is 3.64. The number of carbonyl (C=O) groups excluding carboxylic acids is 1. The second-order valence-corrected chi connectivity index (χ2v) is 7.28. The largest absolute Gasteiger partial charge is 0.316 e. The number of hydrogen-bond donors (Lipinski definition) is 1. The van der Waals surface area contributed by atoms with Crippen LogP contribution in [0.1, 0.15) is 60.0 Å². The van der Waals surface area contributed by atoms with Gasteiger partial charge in [0.05, 0.1) is 0 Å². The maximum absolute atomic E-state index is 12.5. The monoisotopic (exact) mass is 321 g/mol. The van der Waals surface area contributed by atoms with E-state index in [1.807, 2.05) is 30.3 Å². The lowest BCUT2D eigenvalue weighted by Gasteiger charge is -2.30. The van der Waals surface area contributed by atoms with Gasteiger partial charge in [-0.05, 0) is 41.8 Å². The highest BCUT2D eigenvalue weighted by Crippen LogP contribution is 2.30. The second kappa shape index (κ2) is 7.76. The van der Waals surface area contributed by atoms with Crippen LogP contribution in [0, 0.1) is 5.92 Å². The van der Waals surface area contributed by atoms with E-state index in [1.165, 1.54) is 11.1 Å². The molecule has 2 nitrogen and oxygen atoms in total. The Bertz CT molecular complexity index is 677. The predicted octanol–water partition coefficient (Wildman–Crippen LogP) is 4.78. The van der Waals surface area contributed by atoms with E-state index >= 15 is 0 Å². The Balaban J connectivity index is 1.66. The molecule has 2 unspecified atom stereocenters. The van der Waals surface area contributed by atoms with Crippen molar-refractivity contribution in [2.24, 2.45) is 5.92 Å². The predicted molar refractivity (Wildman–Crippen MR) is 99.6 cm³/mol. The summed E-state index contributed by atoms with van der Waals surface area (Å²) in [6, 6.07) is 18.6. The maximum atomic E-state index is 12.5. The van der Waals surface area contributed by atoms with Gasteiger partial charge in [0.2, 0.25) is 0 Å². The molecule has 1 heterocycles. The number of ketones is 1. The minimum atomic E-state index is 0.263. The normalized spacial score (nSPS) is 21.0. The Hall–Kier alpha value is -1.93. The van der Waals surface area contributed by atoms with Crippen LogP contribution in [0.15, 0.2) is 54.6 Å². The highest BCUT2D eigenvalue weighted by atomic mass is 16.1. The molecule has 126 valence electrons. The highest BCUT2D eigenvalue weighted by molar-refractivity contribution is 5.96. The van der Waals surface area contributed by atoms with Crippen molar-refractivity contribution in [2.45, 2.75) is 38.5 Å². The number of nitrogens with one attached hydrogen (secondary N) is 1. The maximum Gasteiger partial charge on any atom is 0.163 e. The molecule has 2 atom stereocenters. The number of piperidine rings is 1. The van der Waals surface area contributed by atoms with Gasteiger partial charge in [-0.25, -0.2) is 0 Å². The molecule has 1 N–H and O–H groups in total. The van der Waals surface area contributed by atoms with Crippen LogP contribution in [0.2, 0.25) is 0 Å². The number of benzene rings is 2. The van der Waals surface area contributed by atoms with Crippen molar-refractivity contribution < 1.29 is 4.79 Å². The zero-order valence-electron chi connectivity index (χ0n) is 14.7. The average Bonchev–Trinajstić information content (AvgIpc) is 2.63. The van der Waals surface area contributed by atoms with Gasteiger partial charge in [-0.15, -0.1) is 0 Å². The average molecular weight is 321 g/mol. The molecule has 0 saturated carbocycles. The van der Waals surface area contributed by atoms with Crippen LogP contribution in [0.3, 0.4) is 0 Å². The Kier molecular flexibility index (Phi) is 5.47. The molecule has 3 rings (SSSR count). The zero-order chi connectivity index (χ0) is 16.9. The van der Waals surface area contributed by atoms with E-state index in [2.05, 4.69) is 43.4 Å². The number of Topliss-reactive ketones (excluding diaryl/α,β-unsaturated/α-hetero) is 1. The lowest BCUT2D eigenvalue weighted by molar-refractivity contribution is 0.0951. The first kappa shape index (κ1) is 16.9. The van der Waals surface area contributed by atoms with Crippen molar-refractivity contribution >= 4 is 5.78 Å². The van der Waals surface area contributed by atoms with Crippen LogP contribution < -0.4 is 5.32 Å². The van der Waals surface area contributed by atoms with E-state index in [-0.39, 0.29) is 5.78 Å². The van der Waals surface area contributed by atoms with E-state index in [1.54, 1.807) is 0 Å². The van der Waals surface area contributed by atoms with Gasteiger partial charge in [-0.3, -0.25) is 4.79 Å². The van der Waals surface area contributed by atoms with Crippen molar-refractivity contribution in [3.63, 3.8) is 0 Å². The van der Waals surface area contributed by atoms with E-state index in [0.29, 0.717) is 24.2 Å². The molecule has 0 bridgehead atoms. The van der Waals surface area contributed by atoms with Crippen molar-refractivity contribution in [3.05, 3.63) is 71.3 Å². The minimum Gasteiger partial charge on any atom is -0.316 e. The molecule has 24 heavy (non-hydrogen) atoms. The van der Waals surface area contributed by atoms with E-state index in [9.17, 15) is 4.79 Å². The van der Waals surface area contributed by atoms with Crippen LogP contribution in [0.4, 0.5) is 0 Å². The third-order valence-electron chi connectivity index (χ3n) is 5.06. The van der Waals surface area contributed by atoms with Gasteiger partial charge in [-0.1, -0.05) is 68.4 Å². The van der Waals surface area contributed by atoms with Gasteiger partial charge in [0.15, 0.2) is 5.78 Å². The molecule has 2 aromatic rings. The smallest absolute Gasteiger partial charge is 0.163 e. The molecule has 2 aromatic carbocycles. The van der Waals surface area contributed by atoms with Crippen LogP contribution in [0.5, 0.6) is 0 Å². The summed E-state index contributed by atoms with van der Waals surface area (Å²) >= 11 is 0. The summed E-state index contributed by atoms with van der Waals surface area (Å²) < 4.78 is 0. The Morgan fingerprint density at radius 1 is 1.08 bits per heavy atom. The lowest BCUT2D eigenvalue weighted by Crippen LogP contribution is -2.36. The van der Waals surface area contributed by atoms with Crippen molar-refractivity contribution in [2.75, 3.05) is 13.1 Å². The van der Waals surface area contributed by atoms with Crippen LogP contribution >= 0.6 is 0 Å². The first-order chi connectivity index (χ1) is 11.6. The molecule has 0 spiro atoms. The first-order valence-corrected chi connectivity index (χ1v) is 9.02. The number of carbonyl (C=O) groups is 1. The molecule has 0 aromatic heterocycles. The van der Waals surface area contributed by atoms with Crippen LogP contribution in [0.25, 0.3) is 0 Å². The van der Waals surface area contributed by atoms with E-state index in [0.717, 1.165) is 25.1 Å². The van der Waals surface area contributed by atoms with E-state index in [4.69, 9.17) is 0 Å². The second-order valence-electron chi connectivity index (χ2n) is 7.28. The third kappa shape index (κ3) is 4.12. The fraction of sp³-hybridized carbons (Fsp3) is 0.409. The summed E-state index contributed by atoms with van der Waals surface area (Å²) in [6.45, 7) is 6.43. The van der Waals surface area contributed by atoms with Crippen LogP contribution in [-0.4, -0.2) is 18.9 Å². The molecule has 1 saturated heterocycles. The zero-order valence-corrected chi connectivity index (χ0v) is 14.7. The Morgan fingerprint density at radius 2 is 1.88 bits per heavy atom. The fourth-order valence-electron chi connectivity index (χ4n) is 3.62. The Labute approximate surface area is 145 Å². The highest BCUT2D eigenvalue weighted by Gasteiger charge is 2.25. The quantitative estimate of drug-likeness (QED) is 0.803. The number of rotatable bonds is 5. The molecule has 1 aliphatic heterocycles. The lowest BCUT2D eigenvalue weighted by atomic mass is 9.82. The van der Waals surface area contributed by atoms with Gasteiger partial charge < -0.3 is 5.32 Å². The van der Waals surface area contributed by atoms with Gasteiger partial charge in [-0.2, -0.15) is 0 Å². The van der Waals surface area contributed by atoms with Gasteiger partial charge >= 0.3 is 0 Å². The van der Waals surface area contributed by atoms with E-state index < -0.39 is 0 Å². The summed E-state index contributed by atoms with van der Waals surface area (Å²) in [6.07, 6.45) is 1.73. The summed E-state index contributed by atoms with van der Waals surface area (Å²) in [7, 11) is 0. The fourth-order valence-corrected chi connectivity index (χ4v) is 3.62. The van der Waals surface area contributed by atoms with Crippen molar-refractivity contribution in [1.29, 1.82) is 0 Å². The molecule has 2 heteroatoms. The van der Waals surface area contributed by atoms with Gasteiger partial charge in [0.25, 0.3) is 0 Å². The van der Waals surface area contributed by atoms with Crippen LogP contribution in [-0.2, 0) is 0 Å². The summed E-state index contributed by atoms with van der Waals surface area (Å²) in [4.78, 5) is 12.5. The summed E-state index contributed by atoms with van der Waals surface area (Å²) in [5, 5.41) is 3.54. The molecule has 0 aliphatic carbocycles. The topological polar surface area (TPSA) is 29.1 Å². The first-order valence-electron chi connectivity index (χ1n) is 9.02. The third-order valence-corrected chi connectivity index (χ3v) is 5.06. The summed E-state index contributed by atoms with van der Waals surface area (Å²) in [5.74, 6) is 1.74. The van der Waals surface area contributed by atoms with Gasteiger partial charge in [0.1, 0.15) is 0 Å². The molecular weight excluding hydrogens is 294 g/mol. The van der Waals surface area contributed by atoms with Crippen molar-refractivity contribution in [1.82, 2.24) is 5.32 Å². The molecule has 1 aliphatic rings. The minimum absolute atomic E-state index is 0.263. The van der Waals surface area contributed by atoms with Crippen molar-refractivity contribution in [3.8, 4) is 0 Å². The molecule has 0 radical (unpaired) electrons. The standard InChI is InChI=1S/C22H27NO/c1-16(2)19-9-6-10-20(13-19)21-11-17(14-23-15-21)12-22(24)18-7-4-3-5-8-18/h3-10,13,16-17,21,23H,11-12,14-15H2,1-2H3. The molecule has 1 fully saturated rings. The SMILES string of the molecule is CC(C)c1cccc(C2CNCC(CC(=O)c3ccccc3)C2)c1.